The lowest BCUT2D eigenvalue weighted by Gasteiger charge is -2.35. The summed E-state index contributed by atoms with van der Waals surface area (Å²) in [6, 6.07) is 8.62. The van der Waals surface area contributed by atoms with E-state index in [2.05, 4.69) is 38.1 Å². The van der Waals surface area contributed by atoms with Crippen molar-refractivity contribution in [3.8, 4) is 0 Å². The molecule has 1 aromatic rings. The minimum absolute atomic E-state index is 0.0348. The van der Waals surface area contributed by atoms with E-state index in [0.717, 1.165) is 13.0 Å². The van der Waals surface area contributed by atoms with Gasteiger partial charge < -0.3 is 9.47 Å². The predicted octanol–water partition coefficient (Wildman–Crippen LogP) is 2.93. The van der Waals surface area contributed by atoms with Gasteiger partial charge in [0.15, 0.2) is 6.29 Å². The van der Waals surface area contributed by atoms with Crippen LogP contribution in [0, 0.1) is 11.8 Å². The van der Waals surface area contributed by atoms with Gasteiger partial charge in [-0.25, -0.2) is 0 Å². The molecule has 0 aromatic heterocycles. The van der Waals surface area contributed by atoms with E-state index in [1.165, 1.54) is 11.1 Å². The first-order valence-electron chi connectivity index (χ1n) is 6.10. The maximum atomic E-state index is 6.08. The Balaban J connectivity index is 1.87. The van der Waals surface area contributed by atoms with Crippen LogP contribution < -0.4 is 0 Å². The van der Waals surface area contributed by atoms with E-state index in [1.54, 1.807) is 0 Å². The van der Waals surface area contributed by atoms with Crippen LogP contribution in [0.25, 0.3) is 0 Å². The first-order valence-corrected chi connectivity index (χ1v) is 6.10. The summed E-state index contributed by atoms with van der Waals surface area (Å²) >= 11 is 0. The summed E-state index contributed by atoms with van der Waals surface area (Å²) in [6.07, 6.45) is 1.33. The van der Waals surface area contributed by atoms with Crippen molar-refractivity contribution in [1.29, 1.82) is 0 Å². The van der Waals surface area contributed by atoms with Crippen LogP contribution in [-0.2, 0) is 15.9 Å². The number of hydrogen-bond acceptors (Lipinski definition) is 2. The van der Waals surface area contributed by atoms with Gasteiger partial charge in [0.05, 0.1) is 12.7 Å². The molecule has 2 nitrogen and oxygen atoms in total. The summed E-state index contributed by atoms with van der Waals surface area (Å²) in [6.45, 7) is 5.12. The highest BCUT2D eigenvalue weighted by Gasteiger charge is 2.39. The molecule has 0 amide bonds. The summed E-state index contributed by atoms with van der Waals surface area (Å²) < 4.78 is 11.8. The first-order chi connectivity index (χ1) is 7.75. The fraction of sp³-hybridized carbons (Fsp3) is 0.571. The fourth-order valence-electron chi connectivity index (χ4n) is 2.72. The second kappa shape index (κ2) is 3.86. The molecular formula is C14H18O2. The van der Waals surface area contributed by atoms with E-state index in [4.69, 9.17) is 9.47 Å². The molecule has 1 heterocycles. The molecule has 16 heavy (non-hydrogen) atoms. The van der Waals surface area contributed by atoms with Crippen molar-refractivity contribution in [3.05, 3.63) is 35.4 Å². The molecule has 0 radical (unpaired) electrons. The van der Waals surface area contributed by atoms with Crippen LogP contribution >= 0.6 is 0 Å². The van der Waals surface area contributed by atoms with Gasteiger partial charge in [0.1, 0.15) is 0 Å². The summed E-state index contributed by atoms with van der Waals surface area (Å²) in [4.78, 5) is 0. The zero-order chi connectivity index (χ0) is 11.1. The smallest absolute Gasteiger partial charge is 0.160 e. The van der Waals surface area contributed by atoms with Crippen LogP contribution in [0.2, 0.25) is 0 Å². The van der Waals surface area contributed by atoms with Crippen molar-refractivity contribution in [2.45, 2.75) is 32.7 Å². The van der Waals surface area contributed by atoms with Crippen LogP contribution in [0.1, 0.15) is 31.1 Å². The molecule has 3 rings (SSSR count). The van der Waals surface area contributed by atoms with Crippen molar-refractivity contribution in [2.75, 3.05) is 6.61 Å². The van der Waals surface area contributed by atoms with Gasteiger partial charge in [-0.2, -0.15) is 0 Å². The molecule has 0 bridgehead atoms. The Kier molecular flexibility index (Phi) is 2.49. The van der Waals surface area contributed by atoms with Gasteiger partial charge in [-0.3, -0.25) is 0 Å². The molecule has 0 saturated carbocycles. The minimum Gasteiger partial charge on any atom is -0.352 e. The van der Waals surface area contributed by atoms with Crippen molar-refractivity contribution in [1.82, 2.24) is 0 Å². The molecule has 3 atom stereocenters. The minimum atomic E-state index is -0.0348. The largest absolute Gasteiger partial charge is 0.352 e. The van der Waals surface area contributed by atoms with Crippen molar-refractivity contribution >= 4 is 0 Å². The topological polar surface area (TPSA) is 18.5 Å². The van der Waals surface area contributed by atoms with Gasteiger partial charge in [0.25, 0.3) is 0 Å². The molecule has 1 aliphatic heterocycles. The third-order valence-corrected chi connectivity index (χ3v) is 3.57. The van der Waals surface area contributed by atoms with Crippen LogP contribution in [0.15, 0.2) is 24.3 Å². The number of benzene rings is 1. The highest BCUT2D eigenvalue weighted by Crippen LogP contribution is 2.43. The summed E-state index contributed by atoms with van der Waals surface area (Å²) in [7, 11) is 0. The Hall–Kier alpha value is -0.860. The van der Waals surface area contributed by atoms with Gasteiger partial charge in [0, 0.05) is 11.8 Å². The molecule has 1 saturated heterocycles. The van der Waals surface area contributed by atoms with Gasteiger partial charge in [-0.1, -0.05) is 38.1 Å². The SMILES string of the molecule is CC(C)C1OCC2Cc3ccccc3C2O1. The summed E-state index contributed by atoms with van der Waals surface area (Å²) in [5.74, 6) is 0.945. The first kappa shape index (κ1) is 10.3. The normalized spacial score (nSPS) is 32.6. The third-order valence-electron chi connectivity index (χ3n) is 3.57. The molecule has 2 aliphatic rings. The van der Waals surface area contributed by atoms with Gasteiger partial charge in [-0.15, -0.1) is 0 Å². The van der Waals surface area contributed by atoms with E-state index >= 15 is 0 Å². The van der Waals surface area contributed by atoms with Crippen molar-refractivity contribution in [2.24, 2.45) is 11.8 Å². The second-order valence-corrected chi connectivity index (χ2v) is 5.17. The van der Waals surface area contributed by atoms with Crippen molar-refractivity contribution < 1.29 is 9.47 Å². The van der Waals surface area contributed by atoms with E-state index in [1.807, 2.05) is 0 Å². The molecule has 1 aromatic carbocycles. The molecule has 1 aliphatic carbocycles. The fourth-order valence-corrected chi connectivity index (χ4v) is 2.72. The predicted molar refractivity (Wildman–Crippen MR) is 62.0 cm³/mol. The Morgan fingerprint density at radius 1 is 1.25 bits per heavy atom. The average molecular weight is 218 g/mol. The second-order valence-electron chi connectivity index (χ2n) is 5.17. The molecular weight excluding hydrogens is 200 g/mol. The zero-order valence-corrected chi connectivity index (χ0v) is 9.85. The molecule has 2 heteroatoms. The van der Waals surface area contributed by atoms with Gasteiger partial charge in [0.2, 0.25) is 0 Å². The number of hydrogen-bond donors (Lipinski definition) is 0. The lowest BCUT2D eigenvalue weighted by Crippen LogP contribution is -2.35. The van der Waals surface area contributed by atoms with Crippen LogP contribution in [0.5, 0.6) is 0 Å². The van der Waals surface area contributed by atoms with Gasteiger partial charge >= 0.3 is 0 Å². The maximum Gasteiger partial charge on any atom is 0.160 e. The Labute approximate surface area is 96.6 Å². The molecule has 0 spiro atoms. The summed E-state index contributed by atoms with van der Waals surface area (Å²) in [5, 5.41) is 0. The van der Waals surface area contributed by atoms with Crippen molar-refractivity contribution in [3.63, 3.8) is 0 Å². The maximum absolute atomic E-state index is 6.08. The molecule has 3 unspecified atom stereocenters. The van der Waals surface area contributed by atoms with E-state index in [-0.39, 0.29) is 12.4 Å². The van der Waals surface area contributed by atoms with Gasteiger partial charge in [-0.05, 0) is 17.5 Å². The molecule has 86 valence electrons. The Morgan fingerprint density at radius 3 is 2.88 bits per heavy atom. The quantitative estimate of drug-likeness (QED) is 0.721. The van der Waals surface area contributed by atoms with E-state index < -0.39 is 0 Å². The number of ether oxygens (including phenoxy) is 2. The Bertz CT molecular complexity index is 386. The van der Waals surface area contributed by atoms with Crippen LogP contribution in [0.3, 0.4) is 0 Å². The van der Waals surface area contributed by atoms with E-state index in [9.17, 15) is 0 Å². The highest BCUT2D eigenvalue weighted by molar-refractivity contribution is 5.35. The standard InChI is InChI=1S/C14H18O2/c1-9(2)14-15-8-11-7-10-5-3-4-6-12(10)13(11)16-14/h3-6,9,11,13-14H,7-8H2,1-2H3. The van der Waals surface area contributed by atoms with Crippen LogP contribution in [-0.4, -0.2) is 12.9 Å². The average Bonchev–Trinajstić information content (AvgIpc) is 2.66. The molecule has 1 fully saturated rings. The third kappa shape index (κ3) is 1.57. The highest BCUT2D eigenvalue weighted by atomic mass is 16.7. The monoisotopic (exact) mass is 218 g/mol. The van der Waals surface area contributed by atoms with E-state index in [0.29, 0.717) is 11.8 Å². The summed E-state index contributed by atoms with van der Waals surface area (Å²) in [5.41, 5.74) is 2.81. The van der Waals surface area contributed by atoms with Crippen LogP contribution in [0.4, 0.5) is 0 Å². The zero-order valence-electron chi connectivity index (χ0n) is 9.85. The molecule has 0 N–H and O–H groups in total. The Morgan fingerprint density at radius 2 is 2.06 bits per heavy atom. The lowest BCUT2D eigenvalue weighted by molar-refractivity contribution is -0.251. The number of rotatable bonds is 1. The lowest BCUT2D eigenvalue weighted by atomic mass is 10.0. The number of fused-ring (bicyclic) bond motifs is 3.